The fraction of sp³-hybridized carbons (Fsp3) is 0.600. The van der Waals surface area contributed by atoms with Crippen molar-refractivity contribution in [3.8, 4) is 5.75 Å². The van der Waals surface area contributed by atoms with Crippen LogP contribution in [0, 0.1) is 11.8 Å². The van der Waals surface area contributed by atoms with Gasteiger partial charge in [-0.3, -0.25) is 0 Å². The Labute approximate surface area is 104 Å². The van der Waals surface area contributed by atoms with Crippen LogP contribution in [0.25, 0.3) is 0 Å². The van der Waals surface area contributed by atoms with E-state index >= 15 is 0 Å². The van der Waals surface area contributed by atoms with Crippen LogP contribution in [0.1, 0.15) is 31.7 Å². The maximum Gasteiger partial charge on any atom is 0.118 e. The lowest BCUT2D eigenvalue weighted by atomic mass is 9.77. The Balaban J connectivity index is 1.99. The highest BCUT2D eigenvalue weighted by atomic mass is 16.5. The Bertz CT molecular complexity index is 344. The highest BCUT2D eigenvalue weighted by Gasteiger charge is 2.28. The summed E-state index contributed by atoms with van der Waals surface area (Å²) in [7, 11) is 1.68. The van der Waals surface area contributed by atoms with E-state index in [2.05, 4.69) is 19.1 Å². The summed E-state index contributed by atoms with van der Waals surface area (Å²) in [6, 6.07) is 8.19. The number of hydrogen-bond acceptors (Lipinski definition) is 2. The predicted molar refractivity (Wildman–Crippen MR) is 69.2 cm³/mol. The monoisotopic (exact) mass is 234 g/mol. The first kappa shape index (κ1) is 12.4. The summed E-state index contributed by atoms with van der Waals surface area (Å²) in [6.45, 7) is 2.16. The van der Waals surface area contributed by atoms with Crippen LogP contribution >= 0.6 is 0 Å². The molecule has 1 aliphatic carbocycles. The van der Waals surface area contributed by atoms with Crippen LogP contribution in [0.4, 0.5) is 0 Å². The Kier molecular flexibility index (Phi) is 4.06. The number of hydrogen-bond donors (Lipinski definition) is 1. The van der Waals surface area contributed by atoms with E-state index in [1.165, 1.54) is 18.4 Å². The average molecular weight is 234 g/mol. The van der Waals surface area contributed by atoms with E-state index in [0.29, 0.717) is 11.8 Å². The average Bonchev–Trinajstić information content (AvgIpc) is 2.36. The molecule has 0 heterocycles. The van der Waals surface area contributed by atoms with Crippen molar-refractivity contribution >= 4 is 0 Å². The second kappa shape index (κ2) is 5.54. The van der Waals surface area contributed by atoms with Crippen LogP contribution in [0.5, 0.6) is 5.75 Å². The molecule has 2 rings (SSSR count). The molecule has 1 aromatic carbocycles. The maximum atomic E-state index is 10.2. The molecule has 17 heavy (non-hydrogen) atoms. The second-order valence-corrected chi connectivity index (χ2v) is 5.21. The van der Waals surface area contributed by atoms with E-state index < -0.39 is 0 Å². The van der Waals surface area contributed by atoms with Gasteiger partial charge in [-0.1, -0.05) is 25.5 Å². The topological polar surface area (TPSA) is 29.5 Å². The summed E-state index contributed by atoms with van der Waals surface area (Å²) in [5.41, 5.74) is 1.30. The van der Waals surface area contributed by atoms with E-state index in [9.17, 15) is 5.11 Å². The van der Waals surface area contributed by atoms with Crippen LogP contribution in [-0.4, -0.2) is 18.3 Å². The third-order valence-corrected chi connectivity index (χ3v) is 3.96. The van der Waals surface area contributed by atoms with Gasteiger partial charge < -0.3 is 9.84 Å². The Morgan fingerprint density at radius 1 is 1.24 bits per heavy atom. The van der Waals surface area contributed by atoms with Crippen LogP contribution < -0.4 is 4.74 Å². The summed E-state index contributed by atoms with van der Waals surface area (Å²) in [6.07, 6.45) is 4.41. The van der Waals surface area contributed by atoms with Crippen molar-refractivity contribution < 1.29 is 9.84 Å². The molecule has 1 aromatic rings. The van der Waals surface area contributed by atoms with Crippen molar-refractivity contribution in [2.24, 2.45) is 11.8 Å². The van der Waals surface area contributed by atoms with Gasteiger partial charge in [0.2, 0.25) is 0 Å². The minimum atomic E-state index is -0.133. The zero-order valence-electron chi connectivity index (χ0n) is 10.7. The third kappa shape index (κ3) is 3.01. The van der Waals surface area contributed by atoms with Gasteiger partial charge in [0, 0.05) is 0 Å². The summed E-state index contributed by atoms with van der Waals surface area (Å²) >= 11 is 0. The van der Waals surface area contributed by atoms with Crippen molar-refractivity contribution in [1.29, 1.82) is 0 Å². The van der Waals surface area contributed by atoms with E-state index in [-0.39, 0.29) is 6.10 Å². The lowest BCUT2D eigenvalue weighted by Crippen LogP contribution is -2.32. The first-order valence-corrected chi connectivity index (χ1v) is 6.51. The molecule has 2 nitrogen and oxygen atoms in total. The van der Waals surface area contributed by atoms with Crippen LogP contribution in [0.2, 0.25) is 0 Å². The number of benzene rings is 1. The van der Waals surface area contributed by atoms with Crippen molar-refractivity contribution in [2.75, 3.05) is 7.11 Å². The van der Waals surface area contributed by atoms with Gasteiger partial charge >= 0.3 is 0 Å². The lowest BCUT2D eigenvalue weighted by Gasteiger charge is -2.32. The van der Waals surface area contributed by atoms with Crippen molar-refractivity contribution in [2.45, 2.75) is 38.7 Å². The van der Waals surface area contributed by atoms with Gasteiger partial charge in [-0.05, 0) is 48.8 Å². The van der Waals surface area contributed by atoms with Gasteiger partial charge in [0.1, 0.15) is 5.75 Å². The molecule has 0 radical (unpaired) electrons. The van der Waals surface area contributed by atoms with E-state index in [4.69, 9.17) is 4.74 Å². The van der Waals surface area contributed by atoms with Crippen molar-refractivity contribution in [1.82, 2.24) is 0 Å². The number of aliphatic hydroxyl groups excluding tert-OH is 1. The zero-order valence-corrected chi connectivity index (χ0v) is 10.7. The summed E-state index contributed by atoms with van der Waals surface area (Å²) in [5.74, 6) is 1.77. The molecule has 0 unspecified atom stereocenters. The van der Waals surface area contributed by atoms with Crippen molar-refractivity contribution in [3.63, 3.8) is 0 Å². The normalized spacial score (nSPS) is 29.0. The fourth-order valence-corrected chi connectivity index (χ4v) is 2.80. The van der Waals surface area contributed by atoms with Gasteiger partial charge in [-0.15, -0.1) is 0 Å². The highest BCUT2D eigenvalue weighted by molar-refractivity contribution is 5.27. The zero-order chi connectivity index (χ0) is 12.3. The molecule has 0 amide bonds. The minimum Gasteiger partial charge on any atom is -0.497 e. The molecule has 1 fully saturated rings. The molecular weight excluding hydrogens is 212 g/mol. The third-order valence-electron chi connectivity index (χ3n) is 3.96. The molecule has 1 aliphatic rings. The standard InChI is InChI=1S/C15H22O2/c1-11-4-3-5-13(15(11)16)10-12-6-8-14(17-2)9-7-12/h6-9,11,13,15-16H,3-5,10H2,1-2H3/t11-,13-,15-/m0/s1. The number of rotatable bonds is 3. The lowest BCUT2D eigenvalue weighted by molar-refractivity contribution is 0.0254. The molecule has 2 heteroatoms. The quantitative estimate of drug-likeness (QED) is 0.871. The van der Waals surface area contributed by atoms with Gasteiger partial charge in [-0.25, -0.2) is 0 Å². The predicted octanol–water partition coefficient (Wildman–Crippen LogP) is 3.03. The molecule has 0 saturated heterocycles. The Hall–Kier alpha value is -1.02. The van der Waals surface area contributed by atoms with Gasteiger partial charge in [0.05, 0.1) is 13.2 Å². The van der Waals surface area contributed by atoms with Gasteiger partial charge in [0.25, 0.3) is 0 Å². The van der Waals surface area contributed by atoms with E-state index in [1.807, 2.05) is 12.1 Å². The fourth-order valence-electron chi connectivity index (χ4n) is 2.80. The van der Waals surface area contributed by atoms with Crippen LogP contribution in [-0.2, 0) is 6.42 Å². The SMILES string of the molecule is COc1ccc(C[C@@H]2CCC[C@H](C)[C@@H]2O)cc1. The largest absolute Gasteiger partial charge is 0.497 e. The minimum absolute atomic E-state index is 0.133. The molecule has 0 spiro atoms. The molecule has 0 aromatic heterocycles. The smallest absolute Gasteiger partial charge is 0.118 e. The maximum absolute atomic E-state index is 10.2. The molecule has 3 atom stereocenters. The molecular formula is C15H22O2. The molecule has 1 saturated carbocycles. The van der Waals surface area contributed by atoms with Crippen LogP contribution in [0.3, 0.4) is 0 Å². The van der Waals surface area contributed by atoms with E-state index in [1.54, 1.807) is 7.11 Å². The van der Waals surface area contributed by atoms with E-state index in [0.717, 1.165) is 18.6 Å². The van der Waals surface area contributed by atoms with Crippen molar-refractivity contribution in [3.05, 3.63) is 29.8 Å². The summed E-state index contributed by atoms with van der Waals surface area (Å²) in [4.78, 5) is 0. The molecule has 0 bridgehead atoms. The number of ether oxygens (including phenoxy) is 1. The molecule has 94 valence electrons. The van der Waals surface area contributed by atoms with Gasteiger partial charge in [-0.2, -0.15) is 0 Å². The van der Waals surface area contributed by atoms with Crippen LogP contribution in [0.15, 0.2) is 24.3 Å². The Morgan fingerprint density at radius 2 is 1.94 bits per heavy atom. The molecule has 0 aliphatic heterocycles. The second-order valence-electron chi connectivity index (χ2n) is 5.21. The first-order chi connectivity index (χ1) is 8.20. The highest BCUT2D eigenvalue weighted by Crippen LogP contribution is 2.31. The first-order valence-electron chi connectivity index (χ1n) is 6.51. The van der Waals surface area contributed by atoms with Gasteiger partial charge in [0.15, 0.2) is 0 Å². The molecule has 1 N–H and O–H groups in total. The number of methoxy groups -OCH3 is 1. The number of aliphatic hydroxyl groups is 1. The summed E-state index contributed by atoms with van der Waals surface area (Å²) < 4.78 is 5.15. The Morgan fingerprint density at radius 3 is 2.59 bits per heavy atom. The summed E-state index contributed by atoms with van der Waals surface area (Å²) in [5, 5.41) is 10.2.